The Balaban J connectivity index is 2.51. The molecule has 2 rings (SSSR count). The Hall–Kier alpha value is -1.83. The van der Waals surface area contributed by atoms with Crippen LogP contribution in [0.15, 0.2) is 53.4 Å². The molecular formula is C13H8ClNO2S. The molecule has 0 aromatic heterocycles. The van der Waals surface area contributed by atoms with E-state index < -0.39 is 9.05 Å². The van der Waals surface area contributed by atoms with Gasteiger partial charge in [-0.05, 0) is 29.3 Å². The number of nitriles is 1. The largest absolute Gasteiger partial charge is 0.261 e. The topological polar surface area (TPSA) is 57.9 Å². The molecule has 0 aliphatic heterocycles. The van der Waals surface area contributed by atoms with Crippen LogP contribution in [0.5, 0.6) is 0 Å². The fourth-order valence-corrected chi connectivity index (χ4v) is 2.40. The third kappa shape index (κ3) is 2.53. The minimum absolute atomic E-state index is 0.0438. The van der Waals surface area contributed by atoms with E-state index in [0.717, 1.165) is 11.1 Å². The molecule has 0 aliphatic carbocycles. The van der Waals surface area contributed by atoms with Gasteiger partial charge in [0.2, 0.25) is 0 Å². The fourth-order valence-electron chi connectivity index (χ4n) is 1.63. The van der Waals surface area contributed by atoms with Crippen molar-refractivity contribution < 1.29 is 8.42 Å². The van der Waals surface area contributed by atoms with Crippen molar-refractivity contribution in [2.75, 3.05) is 0 Å². The standard InChI is InChI=1S/C13H8ClNO2S/c14-18(16,17)12-7-5-10(6-8-12)13-4-2-1-3-11(13)9-15/h1-8H. The van der Waals surface area contributed by atoms with Crippen LogP contribution in [0.2, 0.25) is 0 Å². The number of halogens is 1. The Morgan fingerprint density at radius 3 is 2.17 bits per heavy atom. The number of benzene rings is 2. The maximum absolute atomic E-state index is 11.1. The number of hydrogen-bond donors (Lipinski definition) is 0. The zero-order valence-corrected chi connectivity index (χ0v) is 10.7. The summed E-state index contributed by atoms with van der Waals surface area (Å²) in [6, 6.07) is 15.3. The zero-order chi connectivity index (χ0) is 13.2. The van der Waals surface area contributed by atoms with Crippen molar-refractivity contribution in [2.24, 2.45) is 0 Å². The van der Waals surface area contributed by atoms with Crippen molar-refractivity contribution in [3.8, 4) is 17.2 Å². The van der Waals surface area contributed by atoms with Crippen molar-refractivity contribution in [1.29, 1.82) is 5.26 Å². The minimum Gasteiger partial charge on any atom is -0.207 e. The molecule has 0 heterocycles. The summed E-state index contributed by atoms with van der Waals surface area (Å²) in [5.41, 5.74) is 2.08. The second-order valence-electron chi connectivity index (χ2n) is 3.62. The molecule has 3 nitrogen and oxygen atoms in total. The number of hydrogen-bond acceptors (Lipinski definition) is 3. The van der Waals surface area contributed by atoms with Crippen LogP contribution in [0.3, 0.4) is 0 Å². The highest BCUT2D eigenvalue weighted by Gasteiger charge is 2.10. The summed E-state index contributed by atoms with van der Waals surface area (Å²) in [5, 5.41) is 9.00. The third-order valence-electron chi connectivity index (χ3n) is 2.49. The highest BCUT2D eigenvalue weighted by Crippen LogP contribution is 2.25. The Bertz CT molecular complexity index is 715. The van der Waals surface area contributed by atoms with E-state index in [1.807, 2.05) is 12.1 Å². The van der Waals surface area contributed by atoms with Gasteiger partial charge in [0.05, 0.1) is 16.5 Å². The van der Waals surface area contributed by atoms with Crippen LogP contribution in [0.1, 0.15) is 5.56 Å². The molecule has 0 atom stereocenters. The van der Waals surface area contributed by atoms with E-state index in [1.165, 1.54) is 12.1 Å². The summed E-state index contributed by atoms with van der Waals surface area (Å²) in [5.74, 6) is 0. The van der Waals surface area contributed by atoms with Crippen LogP contribution in [-0.4, -0.2) is 8.42 Å². The van der Waals surface area contributed by atoms with E-state index in [2.05, 4.69) is 6.07 Å². The molecule has 0 unspecified atom stereocenters. The van der Waals surface area contributed by atoms with Gasteiger partial charge in [-0.2, -0.15) is 5.26 Å². The molecule has 0 N–H and O–H groups in total. The third-order valence-corrected chi connectivity index (χ3v) is 3.86. The lowest BCUT2D eigenvalue weighted by molar-refractivity contribution is 0.609. The van der Waals surface area contributed by atoms with Crippen molar-refractivity contribution in [3.05, 3.63) is 54.1 Å². The van der Waals surface area contributed by atoms with Gasteiger partial charge in [0.25, 0.3) is 9.05 Å². The lowest BCUT2D eigenvalue weighted by Gasteiger charge is -2.04. The van der Waals surface area contributed by atoms with Gasteiger partial charge < -0.3 is 0 Å². The normalized spacial score (nSPS) is 10.9. The zero-order valence-electron chi connectivity index (χ0n) is 9.17. The van der Waals surface area contributed by atoms with Crippen LogP contribution in [0.4, 0.5) is 0 Å². The molecule has 0 saturated heterocycles. The van der Waals surface area contributed by atoms with E-state index >= 15 is 0 Å². The van der Waals surface area contributed by atoms with Gasteiger partial charge in [0, 0.05) is 10.7 Å². The highest BCUT2D eigenvalue weighted by molar-refractivity contribution is 8.13. The Kier molecular flexibility index (Phi) is 3.37. The summed E-state index contributed by atoms with van der Waals surface area (Å²) >= 11 is 0. The van der Waals surface area contributed by atoms with Gasteiger partial charge in [-0.15, -0.1) is 0 Å². The molecule has 0 aliphatic rings. The smallest absolute Gasteiger partial charge is 0.207 e. The lowest BCUT2D eigenvalue weighted by Crippen LogP contribution is -1.90. The Labute approximate surface area is 110 Å². The number of rotatable bonds is 2. The van der Waals surface area contributed by atoms with Gasteiger partial charge in [-0.3, -0.25) is 0 Å². The quantitative estimate of drug-likeness (QED) is 0.792. The van der Waals surface area contributed by atoms with E-state index in [-0.39, 0.29) is 4.90 Å². The Morgan fingerprint density at radius 1 is 1.00 bits per heavy atom. The van der Waals surface area contributed by atoms with Crippen molar-refractivity contribution in [2.45, 2.75) is 4.90 Å². The molecule has 5 heteroatoms. The van der Waals surface area contributed by atoms with Gasteiger partial charge in [0.1, 0.15) is 0 Å². The number of nitrogens with zero attached hydrogens (tertiary/aromatic N) is 1. The molecule has 0 spiro atoms. The van der Waals surface area contributed by atoms with Crippen LogP contribution in [-0.2, 0) is 9.05 Å². The summed E-state index contributed by atoms with van der Waals surface area (Å²) in [4.78, 5) is 0.0438. The summed E-state index contributed by atoms with van der Waals surface area (Å²) in [6.45, 7) is 0. The van der Waals surface area contributed by atoms with Gasteiger partial charge >= 0.3 is 0 Å². The molecule has 0 amide bonds. The van der Waals surface area contributed by atoms with Gasteiger partial charge in [0.15, 0.2) is 0 Å². The van der Waals surface area contributed by atoms with Crippen molar-refractivity contribution >= 4 is 19.7 Å². The molecular weight excluding hydrogens is 270 g/mol. The highest BCUT2D eigenvalue weighted by atomic mass is 35.7. The molecule has 2 aromatic rings. The molecule has 0 radical (unpaired) electrons. The van der Waals surface area contributed by atoms with Crippen molar-refractivity contribution in [1.82, 2.24) is 0 Å². The first-order valence-corrected chi connectivity index (χ1v) is 7.37. The van der Waals surface area contributed by atoms with Crippen LogP contribution in [0, 0.1) is 11.3 Å². The maximum atomic E-state index is 11.1. The van der Waals surface area contributed by atoms with Crippen LogP contribution >= 0.6 is 10.7 Å². The van der Waals surface area contributed by atoms with E-state index in [1.54, 1.807) is 24.3 Å². The molecule has 0 saturated carbocycles. The molecule has 18 heavy (non-hydrogen) atoms. The SMILES string of the molecule is N#Cc1ccccc1-c1ccc(S(=O)(=O)Cl)cc1. The first-order valence-electron chi connectivity index (χ1n) is 5.06. The van der Waals surface area contributed by atoms with Crippen LogP contribution in [0.25, 0.3) is 11.1 Å². The summed E-state index contributed by atoms with van der Waals surface area (Å²) in [7, 11) is 1.53. The predicted molar refractivity (Wildman–Crippen MR) is 69.6 cm³/mol. The van der Waals surface area contributed by atoms with Crippen molar-refractivity contribution in [3.63, 3.8) is 0 Å². The first-order chi connectivity index (χ1) is 8.52. The predicted octanol–water partition coefficient (Wildman–Crippen LogP) is 3.15. The molecule has 0 fully saturated rings. The molecule has 90 valence electrons. The average Bonchev–Trinajstić information content (AvgIpc) is 2.38. The average molecular weight is 278 g/mol. The maximum Gasteiger partial charge on any atom is 0.261 e. The second-order valence-corrected chi connectivity index (χ2v) is 6.19. The molecule has 0 bridgehead atoms. The Morgan fingerprint density at radius 2 is 1.61 bits per heavy atom. The minimum atomic E-state index is -3.71. The second kappa shape index (κ2) is 4.81. The molecule has 2 aromatic carbocycles. The van der Waals surface area contributed by atoms with E-state index in [9.17, 15) is 8.42 Å². The van der Waals surface area contributed by atoms with E-state index in [0.29, 0.717) is 5.56 Å². The van der Waals surface area contributed by atoms with E-state index in [4.69, 9.17) is 15.9 Å². The summed E-state index contributed by atoms with van der Waals surface area (Å²) < 4.78 is 22.2. The van der Waals surface area contributed by atoms with Gasteiger partial charge in [-0.1, -0.05) is 30.3 Å². The first kappa shape index (κ1) is 12.6. The lowest BCUT2D eigenvalue weighted by atomic mass is 10.0. The monoisotopic (exact) mass is 277 g/mol. The van der Waals surface area contributed by atoms with Crippen LogP contribution < -0.4 is 0 Å². The van der Waals surface area contributed by atoms with Gasteiger partial charge in [-0.25, -0.2) is 8.42 Å². The summed E-state index contributed by atoms with van der Waals surface area (Å²) in [6.07, 6.45) is 0. The fraction of sp³-hybridized carbons (Fsp3) is 0.